The van der Waals surface area contributed by atoms with Gasteiger partial charge in [0.15, 0.2) is 5.69 Å². The van der Waals surface area contributed by atoms with Crippen molar-refractivity contribution in [3.8, 4) is 0 Å². The molecule has 2 heterocycles. The SMILES string of the molecule is O=C(O)c1ccnc(CN2CCOCC2)n1. The van der Waals surface area contributed by atoms with Crippen LogP contribution >= 0.6 is 0 Å². The summed E-state index contributed by atoms with van der Waals surface area (Å²) in [6.45, 7) is 3.66. The minimum absolute atomic E-state index is 0.0401. The summed E-state index contributed by atoms with van der Waals surface area (Å²) in [6.07, 6.45) is 1.48. The monoisotopic (exact) mass is 223 g/mol. The molecule has 86 valence electrons. The molecule has 0 spiro atoms. The van der Waals surface area contributed by atoms with Crippen LogP contribution in [0.2, 0.25) is 0 Å². The lowest BCUT2D eigenvalue weighted by atomic mass is 10.3. The molecule has 1 aliphatic rings. The van der Waals surface area contributed by atoms with E-state index in [0.29, 0.717) is 25.6 Å². The van der Waals surface area contributed by atoms with Crippen LogP contribution < -0.4 is 0 Å². The standard InChI is InChI=1S/C10H13N3O3/c14-10(15)8-1-2-11-9(12-8)7-13-3-5-16-6-4-13/h1-2H,3-7H2,(H,14,15). The summed E-state index contributed by atoms with van der Waals surface area (Å²) in [5.74, 6) is -0.479. The molecule has 0 aromatic carbocycles. The van der Waals surface area contributed by atoms with Gasteiger partial charge in [-0.1, -0.05) is 0 Å². The number of hydrogen-bond donors (Lipinski definition) is 1. The Balaban J connectivity index is 2.02. The zero-order valence-electron chi connectivity index (χ0n) is 8.80. The number of carbonyl (C=O) groups is 1. The lowest BCUT2D eigenvalue weighted by molar-refractivity contribution is 0.0329. The van der Waals surface area contributed by atoms with Crippen molar-refractivity contribution in [1.82, 2.24) is 14.9 Å². The van der Waals surface area contributed by atoms with Crippen LogP contribution in [0.15, 0.2) is 12.3 Å². The quantitative estimate of drug-likeness (QED) is 0.777. The molecule has 2 rings (SSSR count). The summed E-state index contributed by atoms with van der Waals surface area (Å²) < 4.78 is 5.22. The van der Waals surface area contributed by atoms with Crippen LogP contribution in [-0.2, 0) is 11.3 Å². The third-order valence-corrected chi connectivity index (χ3v) is 2.39. The van der Waals surface area contributed by atoms with Crippen LogP contribution in [0.4, 0.5) is 0 Å². The van der Waals surface area contributed by atoms with E-state index in [-0.39, 0.29) is 5.69 Å². The Morgan fingerprint density at radius 3 is 2.94 bits per heavy atom. The summed E-state index contributed by atoms with van der Waals surface area (Å²) in [5.41, 5.74) is 0.0401. The average Bonchev–Trinajstić information content (AvgIpc) is 2.30. The summed E-state index contributed by atoms with van der Waals surface area (Å²) >= 11 is 0. The largest absolute Gasteiger partial charge is 0.477 e. The van der Waals surface area contributed by atoms with E-state index in [4.69, 9.17) is 9.84 Å². The molecule has 1 fully saturated rings. The molecule has 16 heavy (non-hydrogen) atoms. The van der Waals surface area contributed by atoms with Crippen molar-refractivity contribution in [2.24, 2.45) is 0 Å². The number of hydrogen-bond acceptors (Lipinski definition) is 5. The molecule has 6 nitrogen and oxygen atoms in total. The second-order valence-corrected chi connectivity index (χ2v) is 3.55. The van der Waals surface area contributed by atoms with Crippen molar-refractivity contribution in [2.45, 2.75) is 6.54 Å². The number of aromatic nitrogens is 2. The van der Waals surface area contributed by atoms with Gasteiger partial charge in [-0.3, -0.25) is 4.90 Å². The van der Waals surface area contributed by atoms with Crippen LogP contribution in [0.5, 0.6) is 0 Å². The van der Waals surface area contributed by atoms with E-state index >= 15 is 0 Å². The molecule has 1 aromatic rings. The maximum atomic E-state index is 10.7. The number of morpholine rings is 1. The normalized spacial score (nSPS) is 17.2. The number of carboxylic acids is 1. The molecule has 0 bridgehead atoms. The minimum Gasteiger partial charge on any atom is -0.477 e. The predicted octanol–water partition coefficient (Wildman–Crippen LogP) is 0.00700. The van der Waals surface area contributed by atoms with Gasteiger partial charge in [-0.15, -0.1) is 0 Å². The van der Waals surface area contributed by atoms with Gasteiger partial charge in [0.2, 0.25) is 0 Å². The zero-order valence-corrected chi connectivity index (χ0v) is 8.80. The van der Waals surface area contributed by atoms with E-state index < -0.39 is 5.97 Å². The molecule has 0 radical (unpaired) electrons. The van der Waals surface area contributed by atoms with Gasteiger partial charge in [-0.05, 0) is 6.07 Å². The van der Waals surface area contributed by atoms with Crippen LogP contribution in [-0.4, -0.2) is 52.2 Å². The molecule has 1 saturated heterocycles. The van der Waals surface area contributed by atoms with Crippen LogP contribution in [0, 0.1) is 0 Å². The summed E-state index contributed by atoms with van der Waals surface area (Å²) in [6, 6.07) is 1.39. The predicted molar refractivity (Wildman–Crippen MR) is 55.1 cm³/mol. The Morgan fingerprint density at radius 1 is 1.50 bits per heavy atom. The number of carboxylic acid groups (broad SMARTS) is 1. The smallest absolute Gasteiger partial charge is 0.354 e. The summed E-state index contributed by atoms with van der Waals surface area (Å²) in [7, 11) is 0. The van der Waals surface area contributed by atoms with E-state index in [2.05, 4.69) is 14.9 Å². The van der Waals surface area contributed by atoms with E-state index in [9.17, 15) is 4.79 Å². The van der Waals surface area contributed by atoms with Gasteiger partial charge in [0.1, 0.15) is 5.82 Å². The first-order valence-electron chi connectivity index (χ1n) is 5.11. The van der Waals surface area contributed by atoms with Gasteiger partial charge < -0.3 is 9.84 Å². The van der Waals surface area contributed by atoms with E-state index in [1.807, 2.05) is 0 Å². The molecule has 0 unspecified atom stereocenters. The lowest BCUT2D eigenvalue weighted by Crippen LogP contribution is -2.36. The maximum absolute atomic E-state index is 10.7. The van der Waals surface area contributed by atoms with Crippen molar-refractivity contribution < 1.29 is 14.6 Å². The number of nitrogens with zero attached hydrogens (tertiary/aromatic N) is 3. The molecular weight excluding hydrogens is 210 g/mol. The molecule has 1 aliphatic heterocycles. The molecule has 0 atom stereocenters. The van der Waals surface area contributed by atoms with Crippen molar-refractivity contribution in [3.05, 3.63) is 23.8 Å². The van der Waals surface area contributed by atoms with Gasteiger partial charge in [0, 0.05) is 19.3 Å². The highest BCUT2D eigenvalue weighted by molar-refractivity contribution is 5.85. The zero-order chi connectivity index (χ0) is 11.4. The highest BCUT2D eigenvalue weighted by Crippen LogP contribution is 2.03. The highest BCUT2D eigenvalue weighted by Gasteiger charge is 2.13. The summed E-state index contributed by atoms with van der Waals surface area (Å²) in [5, 5.41) is 8.79. The molecule has 1 aromatic heterocycles. The fourth-order valence-electron chi connectivity index (χ4n) is 1.55. The maximum Gasteiger partial charge on any atom is 0.354 e. The van der Waals surface area contributed by atoms with E-state index in [0.717, 1.165) is 13.1 Å². The van der Waals surface area contributed by atoms with Gasteiger partial charge in [-0.25, -0.2) is 14.8 Å². The second kappa shape index (κ2) is 5.00. The number of ether oxygens (including phenoxy) is 1. The van der Waals surface area contributed by atoms with Crippen molar-refractivity contribution in [2.75, 3.05) is 26.3 Å². The molecular formula is C10H13N3O3. The fraction of sp³-hybridized carbons (Fsp3) is 0.500. The van der Waals surface area contributed by atoms with Crippen LogP contribution in [0.3, 0.4) is 0 Å². The molecule has 0 amide bonds. The Hall–Kier alpha value is -1.53. The van der Waals surface area contributed by atoms with E-state index in [1.165, 1.54) is 12.3 Å². The summed E-state index contributed by atoms with van der Waals surface area (Å²) in [4.78, 5) is 20.9. The molecule has 1 N–H and O–H groups in total. The average molecular weight is 223 g/mol. The first-order valence-corrected chi connectivity index (χ1v) is 5.11. The van der Waals surface area contributed by atoms with Crippen LogP contribution in [0.25, 0.3) is 0 Å². The first-order chi connectivity index (χ1) is 7.75. The van der Waals surface area contributed by atoms with Gasteiger partial charge in [0.05, 0.1) is 19.8 Å². The van der Waals surface area contributed by atoms with Crippen molar-refractivity contribution >= 4 is 5.97 Å². The van der Waals surface area contributed by atoms with Gasteiger partial charge >= 0.3 is 5.97 Å². The van der Waals surface area contributed by atoms with Crippen molar-refractivity contribution in [3.63, 3.8) is 0 Å². The van der Waals surface area contributed by atoms with Crippen molar-refractivity contribution in [1.29, 1.82) is 0 Å². The van der Waals surface area contributed by atoms with Crippen LogP contribution in [0.1, 0.15) is 16.3 Å². The molecule has 0 aliphatic carbocycles. The fourth-order valence-corrected chi connectivity index (χ4v) is 1.55. The first kappa shape index (κ1) is 11.0. The number of rotatable bonds is 3. The number of aromatic carboxylic acids is 1. The Bertz CT molecular complexity index is 377. The molecule has 6 heteroatoms. The Kier molecular flexibility index (Phi) is 3.43. The Morgan fingerprint density at radius 2 is 2.25 bits per heavy atom. The topological polar surface area (TPSA) is 75.5 Å². The second-order valence-electron chi connectivity index (χ2n) is 3.55. The third kappa shape index (κ3) is 2.74. The minimum atomic E-state index is -1.02. The van der Waals surface area contributed by atoms with E-state index in [1.54, 1.807) is 0 Å². The highest BCUT2D eigenvalue weighted by atomic mass is 16.5. The Labute approximate surface area is 92.9 Å². The lowest BCUT2D eigenvalue weighted by Gasteiger charge is -2.25. The molecule has 0 saturated carbocycles. The van der Waals surface area contributed by atoms with Gasteiger partial charge in [-0.2, -0.15) is 0 Å². The van der Waals surface area contributed by atoms with Gasteiger partial charge in [0.25, 0.3) is 0 Å². The third-order valence-electron chi connectivity index (χ3n) is 2.39.